The average Bonchev–Trinajstić information content (AvgIpc) is 1.67. The topological polar surface area (TPSA) is 58.5 Å². The fraction of sp³-hybridized carbons (Fsp3) is 0.750. The molecule has 0 aliphatic rings. The van der Waals surface area contributed by atoms with Crippen molar-refractivity contribution >= 4 is 5.91 Å². The van der Waals surface area contributed by atoms with E-state index in [0.717, 1.165) is 0 Å². The molecule has 46 valence electrons. The van der Waals surface area contributed by atoms with E-state index in [2.05, 4.69) is 5.29 Å². The summed E-state index contributed by atoms with van der Waals surface area (Å²) >= 11 is 0. The van der Waals surface area contributed by atoms with Crippen molar-refractivity contribution in [3.63, 3.8) is 0 Å². The molecule has 0 aliphatic carbocycles. The molecule has 0 bridgehead atoms. The van der Waals surface area contributed by atoms with E-state index in [0.29, 0.717) is 0 Å². The van der Waals surface area contributed by atoms with Gasteiger partial charge in [-0.15, -0.1) is 4.91 Å². The third kappa shape index (κ3) is 2.28. The van der Waals surface area contributed by atoms with Gasteiger partial charge < -0.3 is 0 Å². The molecule has 0 rings (SSSR count). The molecule has 4 nitrogen and oxygen atoms in total. The Bertz CT molecular complexity index is 100. The highest BCUT2D eigenvalue weighted by Gasteiger charge is 2.03. The summed E-state index contributed by atoms with van der Waals surface area (Å²) < 4.78 is 0. The van der Waals surface area contributed by atoms with Crippen molar-refractivity contribution in [2.75, 3.05) is 0 Å². The summed E-state index contributed by atoms with van der Waals surface area (Å²) in [6.45, 7) is 3.36. The van der Waals surface area contributed by atoms with Gasteiger partial charge in [-0.3, -0.25) is 4.79 Å². The standard InChI is InChI=1S/C4H8N2O2/c1-3(2)4(7)5-6-8/h3H,1-2H3,(H,5,7,8). The van der Waals surface area contributed by atoms with E-state index in [1.807, 2.05) is 0 Å². The van der Waals surface area contributed by atoms with Crippen LogP contribution in [0.2, 0.25) is 0 Å². The Hall–Kier alpha value is -0.930. The third-order valence-electron chi connectivity index (χ3n) is 0.680. The summed E-state index contributed by atoms with van der Waals surface area (Å²) in [5, 5.41) is 2.21. The van der Waals surface area contributed by atoms with Gasteiger partial charge in [0.15, 0.2) is 0 Å². The van der Waals surface area contributed by atoms with Crippen molar-refractivity contribution in [1.82, 2.24) is 5.43 Å². The maximum absolute atomic E-state index is 10.3. The molecule has 0 radical (unpaired) electrons. The molecule has 0 spiro atoms. The van der Waals surface area contributed by atoms with Crippen molar-refractivity contribution in [2.24, 2.45) is 11.2 Å². The zero-order valence-corrected chi connectivity index (χ0v) is 4.84. The first-order chi connectivity index (χ1) is 3.68. The molecule has 0 heterocycles. The van der Waals surface area contributed by atoms with Gasteiger partial charge in [-0.05, 0) is 0 Å². The fourth-order valence-corrected chi connectivity index (χ4v) is 0.174. The van der Waals surface area contributed by atoms with Crippen LogP contribution in [0.25, 0.3) is 0 Å². The number of nitrogens with one attached hydrogen (secondary N) is 1. The SMILES string of the molecule is CC(C)C(=O)NN=O. The van der Waals surface area contributed by atoms with Crippen LogP contribution in [0.1, 0.15) is 13.8 Å². The highest BCUT2D eigenvalue weighted by molar-refractivity contribution is 5.77. The second-order valence-corrected chi connectivity index (χ2v) is 1.72. The number of carbonyl (C=O) groups is 1. The van der Waals surface area contributed by atoms with E-state index in [-0.39, 0.29) is 11.8 Å². The summed E-state index contributed by atoms with van der Waals surface area (Å²) in [5.74, 6) is -0.521. The van der Waals surface area contributed by atoms with Crippen LogP contribution >= 0.6 is 0 Å². The Morgan fingerprint density at radius 3 is 2.25 bits per heavy atom. The summed E-state index contributed by atoms with van der Waals surface area (Å²) in [7, 11) is 0. The second-order valence-electron chi connectivity index (χ2n) is 1.72. The molecule has 0 saturated carbocycles. The van der Waals surface area contributed by atoms with Gasteiger partial charge in [-0.1, -0.05) is 13.8 Å². The molecule has 0 aromatic rings. The van der Waals surface area contributed by atoms with Crippen molar-refractivity contribution in [1.29, 1.82) is 0 Å². The minimum Gasteiger partial charge on any atom is -0.273 e. The molecule has 0 atom stereocenters. The van der Waals surface area contributed by atoms with Gasteiger partial charge in [-0.2, -0.15) is 0 Å². The van der Waals surface area contributed by atoms with E-state index < -0.39 is 0 Å². The number of hydrogen-bond acceptors (Lipinski definition) is 3. The largest absolute Gasteiger partial charge is 0.273 e. The van der Waals surface area contributed by atoms with Crippen LogP contribution in [0, 0.1) is 10.8 Å². The number of rotatable bonds is 2. The van der Waals surface area contributed by atoms with Crippen LogP contribution in [0.15, 0.2) is 5.29 Å². The minimum absolute atomic E-state index is 0.173. The van der Waals surface area contributed by atoms with Gasteiger partial charge in [0.05, 0.1) is 5.29 Å². The Labute approximate surface area is 47.2 Å². The molecule has 0 unspecified atom stereocenters. The van der Waals surface area contributed by atoms with Gasteiger partial charge in [0.25, 0.3) is 0 Å². The maximum atomic E-state index is 10.3. The molecule has 1 N–H and O–H groups in total. The molecule has 0 fully saturated rings. The lowest BCUT2D eigenvalue weighted by atomic mass is 10.2. The van der Waals surface area contributed by atoms with Crippen molar-refractivity contribution < 1.29 is 4.79 Å². The number of nitroso groups, excluding NO2 is 1. The first kappa shape index (κ1) is 7.07. The van der Waals surface area contributed by atoms with E-state index in [9.17, 15) is 9.70 Å². The number of nitrogens with zero attached hydrogens (tertiary/aromatic N) is 1. The number of carbonyl (C=O) groups excluding carboxylic acids is 1. The molecule has 0 saturated heterocycles. The van der Waals surface area contributed by atoms with Gasteiger partial charge in [0, 0.05) is 5.92 Å². The lowest BCUT2D eigenvalue weighted by Gasteiger charge is -1.96. The lowest BCUT2D eigenvalue weighted by molar-refractivity contribution is -0.123. The Morgan fingerprint density at radius 2 is 2.12 bits per heavy atom. The van der Waals surface area contributed by atoms with Gasteiger partial charge >= 0.3 is 0 Å². The molecular formula is C4H8N2O2. The van der Waals surface area contributed by atoms with Gasteiger partial charge in [0.2, 0.25) is 5.91 Å². The Morgan fingerprint density at radius 1 is 1.62 bits per heavy atom. The summed E-state index contributed by atoms with van der Waals surface area (Å²) in [6.07, 6.45) is 0. The number of amides is 1. The summed E-state index contributed by atoms with van der Waals surface area (Å²) in [5.41, 5.74) is 1.78. The lowest BCUT2D eigenvalue weighted by Crippen LogP contribution is -2.21. The molecule has 1 amide bonds. The van der Waals surface area contributed by atoms with Crippen LogP contribution in [-0.2, 0) is 4.79 Å². The molecule has 4 heteroatoms. The average molecular weight is 116 g/mol. The zero-order valence-electron chi connectivity index (χ0n) is 4.84. The normalized spacial score (nSPS) is 8.88. The van der Waals surface area contributed by atoms with Crippen LogP contribution in [-0.4, -0.2) is 5.91 Å². The monoisotopic (exact) mass is 116 g/mol. The molecule has 0 aliphatic heterocycles. The molecule has 0 aromatic heterocycles. The maximum Gasteiger partial charge on any atom is 0.245 e. The minimum atomic E-state index is -0.347. The van der Waals surface area contributed by atoms with E-state index in [1.54, 1.807) is 19.3 Å². The van der Waals surface area contributed by atoms with Gasteiger partial charge in [0.1, 0.15) is 0 Å². The summed E-state index contributed by atoms with van der Waals surface area (Å²) in [6, 6.07) is 0. The van der Waals surface area contributed by atoms with E-state index in [1.165, 1.54) is 0 Å². The van der Waals surface area contributed by atoms with Crippen molar-refractivity contribution in [3.8, 4) is 0 Å². The molecule has 8 heavy (non-hydrogen) atoms. The fourth-order valence-electron chi connectivity index (χ4n) is 0.174. The molecular weight excluding hydrogens is 108 g/mol. The quantitative estimate of drug-likeness (QED) is 0.420. The van der Waals surface area contributed by atoms with Crippen LogP contribution in [0.5, 0.6) is 0 Å². The molecule has 0 aromatic carbocycles. The van der Waals surface area contributed by atoms with Crippen LogP contribution in [0.3, 0.4) is 0 Å². The Kier molecular flexibility index (Phi) is 2.76. The third-order valence-corrected chi connectivity index (χ3v) is 0.680. The van der Waals surface area contributed by atoms with E-state index >= 15 is 0 Å². The zero-order chi connectivity index (χ0) is 6.57. The number of hydrogen-bond donors (Lipinski definition) is 1. The predicted molar refractivity (Wildman–Crippen MR) is 28.8 cm³/mol. The van der Waals surface area contributed by atoms with Crippen molar-refractivity contribution in [2.45, 2.75) is 13.8 Å². The predicted octanol–water partition coefficient (Wildman–Crippen LogP) is 0.440. The van der Waals surface area contributed by atoms with Crippen molar-refractivity contribution in [3.05, 3.63) is 4.91 Å². The second kappa shape index (κ2) is 3.12. The highest BCUT2D eigenvalue weighted by Crippen LogP contribution is 1.88. The first-order valence-electron chi connectivity index (χ1n) is 2.30. The Balaban J connectivity index is 3.48. The highest BCUT2D eigenvalue weighted by atomic mass is 16.3. The van der Waals surface area contributed by atoms with Crippen LogP contribution in [0.4, 0.5) is 0 Å². The van der Waals surface area contributed by atoms with E-state index in [4.69, 9.17) is 0 Å². The first-order valence-corrected chi connectivity index (χ1v) is 2.30. The van der Waals surface area contributed by atoms with Gasteiger partial charge in [-0.25, -0.2) is 5.43 Å². The van der Waals surface area contributed by atoms with Crippen LogP contribution < -0.4 is 5.43 Å². The smallest absolute Gasteiger partial charge is 0.245 e. The summed E-state index contributed by atoms with van der Waals surface area (Å²) in [4.78, 5) is 19.7.